The summed E-state index contributed by atoms with van der Waals surface area (Å²) in [7, 11) is 1.25. The first-order valence-electron chi connectivity index (χ1n) is 10.8. The monoisotopic (exact) mass is 412 g/mol. The van der Waals surface area contributed by atoms with Crippen LogP contribution in [0.4, 0.5) is 0 Å². The Morgan fingerprint density at radius 1 is 0.931 bits per heavy atom. The van der Waals surface area contributed by atoms with Gasteiger partial charge in [-0.05, 0) is 41.3 Å². The van der Waals surface area contributed by atoms with Crippen LogP contribution in [0, 0.1) is 0 Å². The zero-order valence-corrected chi connectivity index (χ0v) is 19.8. The van der Waals surface area contributed by atoms with Gasteiger partial charge in [0, 0.05) is 15.7 Å². The lowest BCUT2D eigenvalue weighted by molar-refractivity contribution is 0.261. The maximum Gasteiger partial charge on any atom is 0.122 e. The van der Waals surface area contributed by atoms with Crippen LogP contribution in [0.1, 0.15) is 37.0 Å². The van der Waals surface area contributed by atoms with Crippen molar-refractivity contribution in [2.24, 2.45) is 0 Å². The minimum Gasteiger partial charge on any atom is -0.491 e. The fourth-order valence-corrected chi connectivity index (χ4v) is 3.86. The first kappa shape index (κ1) is 20.4. The van der Waals surface area contributed by atoms with Crippen molar-refractivity contribution in [1.82, 2.24) is 0 Å². The fourth-order valence-electron chi connectivity index (χ4n) is 3.51. The molecule has 2 atom stereocenters. The van der Waals surface area contributed by atoms with Crippen molar-refractivity contribution in [1.29, 1.82) is 0 Å². The summed E-state index contributed by atoms with van der Waals surface area (Å²) in [5, 5.41) is 0. The molecular formula is C24H32O4Si. The highest BCUT2D eigenvalue weighted by atomic mass is 28.1. The molecule has 2 aromatic rings. The van der Waals surface area contributed by atoms with Gasteiger partial charge < -0.3 is 18.9 Å². The van der Waals surface area contributed by atoms with E-state index in [1.165, 1.54) is 39.4 Å². The molecule has 29 heavy (non-hydrogen) atoms. The molecule has 2 saturated heterocycles. The predicted molar refractivity (Wildman–Crippen MR) is 119 cm³/mol. The van der Waals surface area contributed by atoms with E-state index in [0.29, 0.717) is 13.2 Å². The molecule has 2 fully saturated rings. The molecule has 0 radical (unpaired) electrons. The highest BCUT2D eigenvalue weighted by Gasteiger charge is 2.27. The summed E-state index contributed by atoms with van der Waals surface area (Å²) in [4.78, 5) is 0. The Morgan fingerprint density at radius 2 is 1.55 bits per heavy atom. The Hall–Kier alpha value is -1.82. The number of hydrogen-bond donors (Lipinski definition) is 0. The van der Waals surface area contributed by atoms with E-state index >= 15 is 0 Å². The van der Waals surface area contributed by atoms with Gasteiger partial charge >= 0.3 is 0 Å². The topological polar surface area (TPSA) is 43.5 Å². The van der Waals surface area contributed by atoms with Gasteiger partial charge in [0.25, 0.3) is 0 Å². The lowest BCUT2D eigenvalue weighted by atomic mass is 9.77. The molecule has 2 aliphatic heterocycles. The van der Waals surface area contributed by atoms with Crippen molar-refractivity contribution in [2.45, 2.75) is 50.4 Å². The number of rotatable bonds is 11. The highest BCUT2D eigenvalue weighted by molar-refractivity contribution is 6.08. The maximum atomic E-state index is 6.06. The molecule has 2 aromatic carbocycles. The average molecular weight is 413 g/mol. The lowest BCUT2D eigenvalue weighted by Gasteiger charge is -2.27. The summed E-state index contributed by atoms with van der Waals surface area (Å²) in [5.41, 5.74) is 3.82. The number of benzene rings is 2. The van der Waals surface area contributed by atoms with Crippen LogP contribution in [0.2, 0.25) is 6.04 Å². The van der Waals surface area contributed by atoms with Gasteiger partial charge in [0.05, 0.1) is 13.2 Å². The van der Waals surface area contributed by atoms with Gasteiger partial charge in [-0.1, -0.05) is 50.6 Å². The zero-order chi connectivity index (χ0) is 20.3. The van der Waals surface area contributed by atoms with E-state index in [-0.39, 0.29) is 17.6 Å². The van der Waals surface area contributed by atoms with E-state index in [1.807, 2.05) is 0 Å². The molecule has 2 aliphatic rings. The standard InChI is InChI=1S/C24H32O4Si/c1-24(2,18-5-8-20(9-6-18)25-13-21-14-26-21)19-7-10-23(28-16-22-15-27-22)17(12-19)4-3-11-29/h5-10,12,21-22H,3-4,11,13-16H2,1-2,29H3. The van der Waals surface area contributed by atoms with Crippen LogP contribution in [-0.4, -0.2) is 48.9 Å². The van der Waals surface area contributed by atoms with Crippen molar-refractivity contribution in [3.8, 4) is 11.5 Å². The molecule has 0 amide bonds. The Labute approximate surface area is 176 Å². The third-order valence-electron chi connectivity index (χ3n) is 5.82. The van der Waals surface area contributed by atoms with Crippen LogP contribution in [0.25, 0.3) is 0 Å². The van der Waals surface area contributed by atoms with Crippen LogP contribution in [-0.2, 0) is 21.3 Å². The smallest absolute Gasteiger partial charge is 0.122 e. The summed E-state index contributed by atoms with van der Waals surface area (Å²) in [5.74, 6) is 1.92. The second-order valence-electron chi connectivity index (χ2n) is 8.61. The van der Waals surface area contributed by atoms with E-state index in [4.69, 9.17) is 18.9 Å². The lowest BCUT2D eigenvalue weighted by Crippen LogP contribution is -2.19. The van der Waals surface area contributed by atoms with Gasteiger partial charge in [0.1, 0.15) is 36.9 Å². The van der Waals surface area contributed by atoms with Crippen LogP contribution in [0.15, 0.2) is 42.5 Å². The zero-order valence-electron chi connectivity index (χ0n) is 17.8. The van der Waals surface area contributed by atoms with Crippen LogP contribution < -0.4 is 9.47 Å². The number of hydrogen-bond acceptors (Lipinski definition) is 4. The molecule has 4 rings (SSSR count). The Balaban J connectivity index is 1.50. The first-order valence-corrected chi connectivity index (χ1v) is 12.2. The fraction of sp³-hybridized carbons (Fsp3) is 0.500. The highest BCUT2D eigenvalue weighted by Crippen LogP contribution is 2.35. The van der Waals surface area contributed by atoms with Gasteiger partial charge in [-0.15, -0.1) is 0 Å². The van der Waals surface area contributed by atoms with Crippen molar-refractivity contribution >= 4 is 10.2 Å². The first-order chi connectivity index (χ1) is 14.1. The van der Waals surface area contributed by atoms with Crippen molar-refractivity contribution in [2.75, 3.05) is 26.4 Å². The summed E-state index contributed by atoms with van der Waals surface area (Å²) in [6.07, 6.45) is 2.86. The molecule has 2 heterocycles. The third-order valence-corrected chi connectivity index (χ3v) is 6.53. The Bertz CT molecular complexity index is 810. The molecule has 2 unspecified atom stereocenters. The number of ether oxygens (including phenoxy) is 4. The third kappa shape index (κ3) is 5.41. The summed E-state index contributed by atoms with van der Waals surface area (Å²) >= 11 is 0. The number of aryl methyl sites for hydroxylation is 1. The molecule has 0 saturated carbocycles. The molecule has 0 spiro atoms. The summed E-state index contributed by atoms with van der Waals surface area (Å²) in [6, 6.07) is 16.5. The van der Waals surface area contributed by atoms with Gasteiger partial charge in [-0.2, -0.15) is 0 Å². The largest absolute Gasteiger partial charge is 0.491 e. The van der Waals surface area contributed by atoms with Crippen molar-refractivity contribution < 1.29 is 18.9 Å². The van der Waals surface area contributed by atoms with Crippen molar-refractivity contribution in [3.05, 3.63) is 59.2 Å². The number of epoxide rings is 2. The van der Waals surface area contributed by atoms with Crippen molar-refractivity contribution in [3.63, 3.8) is 0 Å². The Morgan fingerprint density at radius 3 is 2.17 bits per heavy atom. The minimum absolute atomic E-state index is 0.0913. The molecule has 0 aliphatic carbocycles. The summed E-state index contributed by atoms with van der Waals surface area (Å²) < 4.78 is 22.3. The molecule has 0 N–H and O–H groups in total. The van der Waals surface area contributed by atoms with E-state index in [1.54, 1.807) is 0 Å². The molecule has 0 aromatic heterocycles. The second kappa shape index (κ2) is 8.90. The summed E-state index contributed by atoms with van der Waals surface area (Å²) in [6.45, 7) is 7.51. The Kier molecular flexibility index (Phi) is 6.28. The minimum atomic E-state index is -0.0913. The average Bonchev–Trinajstić information content (AvgIpc) is 3.64. The molecule has 5 heteroatoms. The molecule has 4 nitrogen and oxygen atoms in total. The van der Waals surface area contributed by atoms with Gasteiger partial charge in [-0.25, -0.2) is 0 Å². The quantitative estimate of drug-likeness (QED) is 0.420. The molecular weight excluding hydrogens is 380 g/mol. The van der Waals surface area contributed by atoms with Crippen LogP contribution in [0.5, 0.6) is 11.5 Å². The SMILES string of the molecule is CC(C)(c1ccc(OCC2CO2)cc1)c1ccc(OCC2CO2)c(CCC[SiH3])c1. The predicted octanol–water partition coefficient (Wildman–Crippen LogP) is 3.28. The van der Waals surface area contributed by atoms with Crippen LogP contribution >= 0.6 is 0 Å². The van der Waals surface area contributed by atoms with Crippen LogP contribution in [0.3, 0.4) is 0 Å². The maximum absolute atomic E-state index is 6.06. The van der Waals surface area contributed by atoms with E-state index < -0.39 is 0 Å². The van der Waals surface area contributed by atoms with Gasteiger partial charge in [0.2, 0.25) is 0 Å². The van der Waals surface area contributed by atoms with Gasteiger partial charge in [0.15, 0.2) is 0 Å². The van der Waals surface area contributed by atoms with Gasteiger partial charge in [-0.3, -0.25) is 0 Å². The van der Waals surface area contributed by atoms with E-state index in [0.717, 1.165) is 31.1 Å². The van der Waals surface area contributed by atoms with E-state index in [9.17, 15) is 0 Å². The molecule has 0 bridgehead atoms. The molecule has 156 valence electrons. The second-order valence-corrected chi connectivity index (χ2v) is 9.61. The van der Waals surface area contributed by atoms with E-state index in [2.05, 4.69) is 56.3 Å². The normalized spacial score (nSPS) is 20.5.